The van der Waals surface area contributed by atoms with Gasteiger partial charge in [0.1, 0.15) is 12.4 Å². The van der Waals surface area contributed by atoms with E-state index in [1.54, 1.807) is 0 Å². The summed E-state index contributed by atoms with van der Waals surface area (Å²) in [5.41, 5.74) is -0.158. The van der Waals surface area contributed by atoms with Crippen molar-refractivity contribution in [1.29, 1.82) is 0 Å². The van der Waals surface area contributed by atoms with Gasteiger partial charge in [0, 0.05) is 0 Å². The molecule has 16 heavy (non-hydrogen) atoms. The maximum absolute atomic E-state index is 11.9. The molecule has 1 N–H and O–H groups in total. The van der Waals surface area contributed by atoms with E-state index in [9.17, 15) is 18.0 Å². The number of hydrogen-bond donors (Lipinski definition) is 1. The van der Waals surface area contributed by atoms with Crippen LogP contribution in [0.25, 0.3) is 0 Å². The van der Waals surface area contributed by atoms with Crippen molar-refractivity contribution in [2.24, 2.45) is 0 Å². The molecule has 1 aromatic heterocycles. The second-order valence-electron chi connectivity index (χ2n) is 2.75. The van der Waals surface area contributed by atoms with Gasteiger partial charge in [-0.3, -0.25) is 4.98 Å². The minimum absolute atomic E-state index is 0.139. The molecule has 1 rings (SSSR count). The first kappa shape index (κ1) is 12.2. The summed E-state index contributed by atoms with van der Waals surface area (Å²) in [4.78, 5) is 18.2. The predicted molar refractivity (Wildman–Crippen MR) is 47.9 cm³/mol. The number of anilines is 1. The van der Waals surface area contributed by atoms with Gasteiger partial charge in [0.05, 0.1) is 19.5 Å². The molecule has 0 saturated heterocycles. The quantitative estimate of drug-likeness (QED) is 0.798. The highest BCUT2D eigenvalue weighted by Gasteiger charge is 2.26. The molecule has 0 saturated carbocycles. The van der Waals surface area contributed by atoms with Gasteiger partial charge in [-0.2, -0.15) is 13.2 Å². The SMILES string of the molecule is COC(=O)c1cncc(NCC(F)(F)F)n1. The third kappa shape index (κ3) is 3.71. The molecule has 5 nitrogen and oxygen atoms in total. The van der Waals surface area contributed by atoms with Gasteiger partial charge in [0.2, 0.25) is 0 Å². The lowest BCUT2D eigenvalue weighted by molar-refractivity contribution is -0.115. The third-order valence-corrected chi connectivity index (χ3v) is 1.50. The van der Waals surface area contributed by atoms with Crippen LogP contribution in [0.15, 0.2) is 12.4 Å². The van der Waals surface area contributed by atoms with E-state index in [-0.39, 0.29) is 11.5 Å². The van der Waals surface area contributed by atoms with Crippen LogP contribution in [0.4, 0.5) is 19.0 Å². The maximum atomic E-state index is 11.9. The lowest BCUT2D eigenvalue weighted by Gasteiger charge is -2.08. The van der Waals surface area contributed by atoms with Crippen LogP contribution in [0.2, 0.25) is 0 Å². The number of rotatable bonds is 3. The van der Waals surface area contributed by atoms with Crippen LogP contribution in [0, 0.1) is 0 Å². The van der Waals surface area contributed by atoms with Crippen molar-refractivity contribution < 1.29 is 22.7 Å². The molecule has 88 valence electrons. The zero-order chi connectivity index (χ0) is 12.2. The van der Waals surface area contributed by atoms with E-state index in [0.29, 0.717) is 0 Å². The molecule has 0 aromatic carbocycles. The molecule has 1 aromatic rings. The Kier molecular flexibility index (Phi) is 3.64. The van der Waals surface area contributed by atoms with Crippen molar-refractivity contribution in [2.75, 3.05) is 19.0 Å². The Morgan fingerprint density at radius 1 is 1.50 bits per heavy atom. The number of hydrogen-bond acceptors (Lipinski definition) is 5. The molecule has 0 amide bonds. The van der Waals surface area contributed by atoms with E-state index >= 15 is 0 Å². The Labute approximate surface area is 88.7 Å². The average Bonchev–Trinajstić information content (AvgIpc) is 2.25. The van der Waals surface area contributed by atoms with E-state index in [0.717, 1.165) is 19.5 Å². The Hall–Kier alpha value is -1.86. The van der Waals surface area contributed by atoms with Crippen LogP contribution in [0.1, 0.15) is 10.5 Å². The molecule has 0 spiro atoms. The predicted octanol–water partition coefficient (Wildman–Crippen LogP) is 1.24. The Bertz CT molecular complexity index is 381. The minimum atomic E-state index is -4.36. The number of methoxy groups -OCH3 is 1. The number of carbonyl (C=O) groups is 1. The molecule has 0 atom stereocenters. The van der Waals surface area contributed by atoms with Gasteiger partial charge < -0.3 is 10.1 Å². The zero-order valence-electron chi connectivity index (χ0n) is 8.21. The highest BCUT2D eigenvalue weighted by Crippen LogP contribution is 2.15. The molecule has 0 aliphatic carbocycles. The lowest BCUT2D eigenvalue weighted by atomic mass is 10.4. The van der Waals surface area contributed by atoms with E-state index in [1.165, 1.54) is 0 Å². The Balaban J connectivity index is 2.71. The van der Waals surface area contributed by atoms with Gasteiger partial charge >= 0.3 is 12.1 Å². The van der Waals surface area contributed by atoms with E-state index in [4.69, 9.17) is 0 Å². The molecule has 0 radical (unpaired) electrons. The summed E-state index contributed by atoms with van der Waals surface area (Å²) in [6.45, 7) is -1.24. The molecule has 0 bridgehead atoms. The van der Waals surface area contributed by atoms with E-state index < -0.39 is 18.7 Å². The van der Waals surface area contributed by atoms with Crippen LogP contribution >= 0.6 is 0 Å². The molecule has 1 heterocycles. The fraction of sp³-hybridized carbons (Fsp3) is 0.375. The van der Waals surface area contributed by atoms with Crippen LogP contribution in [-0.4, -0.2) is 35.8 Å². The van der Waals surface area contributed by atoms with Gasteiger partial charge in [-0.25, -0.2) is 9.78 Å². The number of nitrogens with one attached hydrogen (secondary N) is 1. The molecular formula is C8H8F3N3O2. The van der Waals surface area contributed by atoms with E-state index in [1.807, 2.05) is 5.32 Å². The summed E-state index contributed by atoms with van der Waals surface area (Å²) < 4.78 is 39.9. The Morgan fingerprint density at radius 2 is 2.19 bits per heavy atom. The molecule has 8 heteroatoms. The first-order valence-electron chi connectivity index (χ1n) is 4.13. The number of ether oxygens (including phenoxy) is 1. The number of nitrogens with zero attached hydrogens (tertiary/aromatic N) is 2. The fourth-order valence-electron chi connectivity index (χ4n) is 0.845. The van der Waals surface area contributed by atoms with Gasteiger partial charge in [0.25, 0.3) is 0 Å². The summed E-state index contributed by atoms with van der Waals surface area (Å²) in [5, 5.41) is 2.00. The highest BCUT2D eigenvalue weighted by molar-refractivity contribution is 5.87. The Morgan fingerprint density at radius 3 is 2.75 bits per heavy atom. The monoisotopic (exact) mass is 235 g/mol. The van der Waals surface area contributed by atoms with Gasteiger partial charge in [-0.1, -0.05) is 0 Å². The summed E-state index contributed by atoms with van der Waals surface area (Å²) in [6, 6.07) is 0. The van der Waals surface area contributed by atoms with Crippen molar-refractivity contribution in [3.63, 3.8) is 0 Å². The van der Waals surface area contributed by atoms with Crippen molar-refractivity contribution in [3.05, 3.63) is 18.1 Å². The van der Waals surface area contributed by atoms with Crippen LogP contribution in [-0.2, 0) is 4.74 Å². The normalized spacial score (nSPS) is 11.0. The molecule has 0 unspecified atom stereocenters. The number of carbonyl (C=O) groups excluding carboxylic acids is 1. The second-order valence-corrected chi connectivity index (χ2v) is 2.75. The average molecular weight is 235 g/mol. The van der Waals surface area contributed by atoms with Crippen molar-refractivity contribution >= 4 is 11.8 Å². The lowest BCUT2D eigenvalue weighted by Crippen LogP contribution is -2.22. The molecular weight excluding hydrogens is 227 g/mol. The summed E-state index contributed by atoms with van der Waals surface area (Å²) in [6.07, 6.45) is -2.17. The number of esters is 1. The topological polar surface area (TPSA) is 64.1 Å². The first-order chi connectivity index (χ1) is 7.42. The standard InChI is InChI=1S/C8H8F3N3O2/c1-16-7(15)5-2-12-3-6(14-5)13-4-8(9,10)11/h2-3H,4H2,1H3,(H,13,14). The smallest absolute Gasteiger partial charge is 0.405 e. The fourth-order valence-corrected chi connectivity index (χ4v) is 0.845. The third-order valence-electron chi connectivity index (χ3n) is 1.50. The molecule has 0 aliphatic heterocycles. The van der Waals surface area contributed by atoms with Crippen molar-refractivity contribution in [3.8, 4) is 0 Å². The van der Waals surface area contributed by atoms with Crippen LogP contribution < -0.4 is 5.32 Å². The summed E-state index contributed by atoms with van der Waals surface area (Å²) in [5.74, 6) is -0.900. The minimum Gasteiger partial charge on any atom is -0.464 e. The van der Waals surface area contributed by atoms with Gasteiger partial charge in [-0.15, -0.1) is 0 Å². The maximum Gasteiger partial charge on any atom is 0.405 e. The van der Waals surface area contributed by atoms with Gasteiger partial charge in [0.15, 0.2) is 5.69 Å². The second kappa shape index (κ2) is 4.77. The number of halogens is 3. The number of aromatic nitrogens is 2. The molecule has 0 fully saturated rings. The van der Waals surface area contributed by atoms with E-state index in [2.05, 4.69) is 14.7 Å². The van der Waals surface area contributed by atoms with Crippen LogP contribution in [0.3, 0.4) is 0 Å². The summed E-state index contributed by atoms with van der Waals surface area (Å²) >= 11 is 0. The number of alkyl halides is 3. The largest absolute Gasteiger partial charge is 0.464 e. The zero-order valence-corrected chi connectivity index (χ0v) is 8.21. The van der Waals surface area contributed by atoms with Crippen molar-refractivity contribution in [2.45, 2.75) is 6.18 Å². The summed E-state index contributed by atoms with van der Waals surface area (Å²) in [7, 11) is 1.14. The molecule has 0 aliphatic rings. The van der Waals surface area contributed by atoms with Gasteiger partial charge in [-0.05, 0) is 0 Å². The van der Waals surface area contributed by atoms with Crippen molar-refractivity contribution in [1.82, 2.24) is 9.97 Å². The first-order valence-corrected chi connectivity index (χ1v) is 4.13. The highest BCUT2D eigenvalue weighted by atomic mass is 19.4. The van der Waals surface area contributed by atoms with Crippen LogP contribution in [0.5, 0.6) is 0 Å².